The lowest BCUT2D eigenvalue weighted by atomic mass is 10.1. The fraction of sp³-hybridized carbons (Fsp3) is 0.250. The molecule has 0 atom stereocenters. The van der Waals surface area contributed by atoms with E-state index in [2.05, 4.69) is 0 Å². The molecule has 1 aromatic carbocycles. The summed E-state index contributed by atoms with van der Waals surface area (Å²) in [5.74, 6) is -1.01. The second-order valence-corrected chi connectivity index (χ2v) is 5.40. The summed E-state index contributed by atoms with van der Waals surface area (Å²) in [6.45, 7) is 3.74. The van der Waals surface area contributed by atoms with Crippen molar-refractivity contribution in [3.63, 3.8) is 0 Å². The Morgan fingerprint density at radius 1 is 1.24 bits per heavy atom. The normalized spacial score (nSPS) is 10.6. The SMILES string of the molecule is Cc1cc(=O)n(CCc2ccc(Cl)cc2)c(C)c1C(=O)O. The van der Waals surface area contributed by atoms with Crippen LogP contribution in [-0.4, -0.2) is 15.6 Å². The number of nitrogens with zero attached hydrogens (tertiary/aromatic N) is 1. The van der Waals surface area contributed by atoms with Gasteiger partial charge in [0.2, 0.25) is 0 Å². The number of pyridine rings is 1. The molecule has 21 heavy (non-hydrogen) atoms. The van der Waals surface area contributed by atoms with Crippen LogP contribution in [0.1, 0.15) is 27.2 Å². The van der Waals surface area contributed by atoms with Gasteiger partial charge in [0.15, 0.2) is 0 Å². The van der Waals surface area contributed by atoms with Crippen LogP contribution in [0.5, 0.6) is 0 Å². The Kier molecular flexibility index (Phi) is 4.48. The third-order valence-corrected chi connectivity index (χ3v) is 3.77. The van der Waals surface area contributed by atoms with E-state index < -0.39 is 5.97 Å². The molecule has 2 aromatic rings. The topological polar surface area (TPSA) is 59.3 Å². The predicted molar refractivity (Wildman–Crippen MR) is 82.3 cm³/mol. The molecule has 4 nitrogen and oxygen atoms in total. The minimum absolute atomic E-state index is 0.177. The van der Waals surface area contributed by atoms with E-state index in [1.807, 2.05) is 12.1 Å². The second kappa shape index (κ2) is 6.14. The van der Waals surface area contributed by atoms with Crippen molar-refractivity contribution in [1.82, 2.24) is 4.57 Å². The Morgan fingerprint density at radius 3 is 2.43 bits per heavy atom. The molecule has 0 bridgehead atoms. The minimum atomic E-state index is -1.01. The molecule has 0 aliphatic heterocycles. The maximum atomic E-state index is 12.1. The lowest BCUT2D eigenvalue weighted by Crippen LogP contribution is -2.26. The molecular formula is C16H16ClNO3. The van der Waals surface area contributed by atoms with Gasteiger partial charge in [0.25, 0.3) is 5.56 Å². The quantitative estimate of drug-likeness (QED) is 0.944. The van der Waals surface area contributed by atoms with Crippen molar-refractivity contribution in [3.8, 4) is 0 Å². The Morgan fingerprint density at radius 2 is 1.86 bits per heavy atom. The summed E-state index contributed by atoms with van der Waals surface area (Å²) >= 11 is 5.83. The number of carboxylic acid groups (broad SMARTS) is 1. The number of benzene rings is 1. The molecule has 0 aliphatic rings. The molecule has 0 saturated carbocycles. The zero-order chi connectivity index (χ0) is 15.6. The smallest absolute Gasteiger partial charge is 0.337 e. The Bertz CT molecular complexity index is 732. The van der Waals surface area contributed by atoms with Crippen molar-refractivity contribution in [3.05, 3.63) is 68.1 Å². The van der Waals surface area contributed by atoms with Crippen molar-refractivity contribution < 1.29 is 9.90 Å². The third-order valence-electron chi connectivity index (χ3n) is 3.52. The zero-order valence-electron chi connectivity index (χ0n) is 11.9. The number of rotatable bonds is 4. The van der Waals surface area contributed by atoms with Gasteiger partial charge in [0, 0.05) is 23.3 Å². The predicted octanol–water partition coefficient (Wildman–Crippen LogP) is 3.06. The maximum absolute atomic E-state index is 12.1. The third kappa shape index (κ3) is 3.34. The Hall–Kier alpha value is -2.07. The van der Waals surface area contributed by atoms with E-state index >= 15 is 0 Å². The van der Waals surface area contributed by atoms with Crippen molar-refractivity contribution >= 4 is 17.6 Å². The van der Waals surface area contributed by atoms with E-state index in [1.165, 1.54) is 10.6 Å². The highest BCUT2D eigenvalue weighted by molar-refractivity contribution is 6.30. The fourth-order valence-electron chi connectivity index (χ4n) is 2.41. The molecule has 1 heterocycles. The van der Waals surface area contributed by atoms with Crippen LogP contribution in [0.15, 0.2) is 35.1 Å². The van der Waals surface area contributed by atoms with Crippen LogP contribution in [0, 0.1) is 13.8 Å². The van der Waals surface area contributed by atoms with E-state index in [-0.39, 0.29) is 11.1 Å². The van der Waals surface area contributed by atoms with Crippen LogP contribution in [0.3, 0.4) is 0 Å². The van der Waals surface area contributed by atoms with Crippen LogP contribution < -0.4 is 5.56 Å². The maximum Gasteiger partial charge on any atom is 0.337 e. The molecule has 2 rings (SSSR count). The largest absolute Gasteiger partial charge is 0.478 e. The molecule has 0 fully saturated rings. The molecule has 0 amide bonds. The first-order valence-corrected chi connectivity index (χ1v) is 6.96. The number of halogens is 1. The molecule has 110 valence electrons. The molecule has 1 N–H and O–H groups in total. The summed E-state index contributed by atoms with van der Waals surface area (Å²) in [4.78, 5) is 23.3. The van der Waals surface area contributed by atoms with E-state index in [0.717, 1.165) is 5.56 Å². The number of hydrogen-bond acceptors (Lipinski definition) is 2. The van der Waals surface area contributed by atoms with Gasteiger partial charge < -0.3 is 9.67 Å². The van der Waals surface area contributed by atoms with Crippen LogP contribution in [0.2, 0.25) is 5.02 Å². The van der Waals surface area contributed by atoms with Crippen LogP contribution in [0.25, 0.3) is 0 Å². The van der Waals surface area contributed by atoms with E-state index in [0.29, 0.717) is 29.2 Å². The summed E-state index contributed by atoms with van der Waals surface area (Å²) < 4.78 is 1.51. The lowest BCUT2D eigenvalue weighted by molar-refractivity contribution is 0.0694. The first kappa shape index (κ1) is 15.3. The van der Waals surface area contributed by atoms with Gasteiger partial charge >= 0.3 is 5.97 Å². The van der Waals surface area contributed by atoms with Gasteiger partial charge in [-0.2, -0.15) is 0 Å². The molecule has 0 radical (unpaired) electrons. The zero-order valence-corrected chi connectivity index (χ0v) is 12.6. The molecular weight excluding hydrogens is 290 g/mol. The van der Waals surface area contributed by atoms with Crippen LogP contribution in [-0.2, 0) is 13.0 Å². The number of aromatic nitrogens is 1. The average molecular weight is 306 g/mol. The lowest BCUT2D eigenvalue weighted by Gasteiger charge is -2.14. The van der Waals surface area contributed by atoms with E-state index in [4.69, 9.17) is 11.6 Å². The molecule has 0 unspecified atom stereocenters. The highest BCUT2D eigenvalue weighted by Gasteiger charge is 2.15. The second-order valence-electron chi connectivity index (χ2n) is 4.96. The Labute approximate surface area is 127 Å². The molecule has 1 aromatic heterocycles. The monoisotopic (exact) mass is 305 g/mol. The molecule has 0 spiro atoms. The van der Waals surface area contributed by atoms with Gasteiger partial charge in [-0.15, -0.1) is 0 Å². The summed E-state index contributed by atoms with van der Waals surface area (Å²) in [7, 11) is 0. The summed E-state index contributed by atoms with van der Waals surface area (Å²) in [6.07, 6.45) is 0.639. The summed E-state index contributed by atoms with van der Waals surface area (Å²) in [6, 6.07) is 8.76. The van der Waals surface area contributed by atoms with Gasteiger partial charge in [-0.05, 0) is 43.5 Å². The van der Waals surface area contributed by atoms with Gasteiger partial charge in [0.1, 0.15) is 0 Å². The molecule has 5 heteroatoms. The first-order chi connectivity index (χ1) is 9.90. The fourth-order valence-corrected chi connectivity index (χ4v) is 2.54. The number of aromatic carboxylic acids is 1. The van der Waals surface area contributed by atoms with Crippen molar-refractivity contribution in [1.29, 1.82) is 0 Å². The summed E-state index contributed by atoms with van der Waals surface area (Å²) in [5.41, 5.74) is 2.05. The van der Waals surface area contributed by atoms with Gasteiger partial charge in [-0.3, -0.25) is 4.79 Å². The van der Waals surface area contributed by atoms with Gasteiger partial charge in [0.05, 0.1) is 5.56 Å². The molecule has 0 aliphatic carbocycles. The van der Waals surface area contributed by atoms with Crippen molar-refractivity contribution in [2.24, 2.45) is 0 Å². The first-order valence-electron chi connectivity index (χ1n) is 6.59. The number of carbonyl (C=O) groups is 1. The number of aryl methyl sites for hydroxylation is 2. The van der Waals surface area contributed by atoms with Crippen LogP contribution >= 0.6 is 11.6 Å². The highest BCUT2D eigenvalue weighted by Crippen LogP contribution is 2.13. The van der Waals surface area contributed by atoms with Crippen molar-refractivity contribution in [2.75, 3.05) is 0 Å². The van der Waals surface area contributed by atoms with Gasteiger partial charge in [-0.1, -0.05) is 23.7 Å². The van der Waals surface area contributed by atoms with Crippen molar-refractivity contribution in [2.45, 2.75) is 26.8 Å². The number of hydrogen-bond donors (Lipinski definition) is 1. The molecule has 0 saturated heterocycles. The van der Waals surface area contributed by atoms with Crippen LogP contribution in [0.4, 0.5) is 0 Å². The van der Waals surface area contributed by atoms with E-state index in [9.17, 15) is 14.7 Å². The summed E-state index contributed by atoms with van der Waals surface area (Å²) in [5, 5.41) is 9.91. The average Bonchev–Trinajstić information content (AvgIpc) is 2.39. The minimum Gasteiger partial charge on any atom is -0.478 e. The van der Waals surface area contributed by atoms with E-state index in [1.54, 1.807) is 26.0 Å². The Balaban J connectivity index is 2.32. The number of carboxylic acids is 1. The standard InChI is InChI=1S/C16H16ClNO3/c1-10-9-14(19)18(11(2)15(10)16(20)21)8-7-12-3-5-13(17)6-4-12/h3-6,9H,7-8H2,1-2H3,(H,20,21). The van der Waals surface area contributed by atoms with Gasteiger partial charge in [-0.25, -0.2) is 4.79 Å². The highest BCUT2D eigenvalue weighted by atomic mass is 35.5.